The third-order valence-electron chi connectivity index (χ3n) is 5.08. The molecule has 6 nitrogen and oxygen atoms in total. The molecule has 4 rings (SSSR count). The van der Waals surface area contributed by atoms with Crippen molar-refractivity contribution < 1.29 is 4.79 Å². The number of hydrogen-bond acceptors (Lipinski definition) is 5. The number of amides is 1. The number of benzene rings is 1. The molecule has 0 unspecified atom stereocenters. The van der Waals surface area contributed by atoms with E-state index in [1.807, 2.05) is 27.7 Å². The second kappa shape index (κ2) is 10.0. The molecular formula is C22H23Cl2N5OS. The minimum Gasteiger partial charge on any atom is -0.342 e. The summed E-state index contributed by atoms with van der Waals surface area (Å²) in [5.41, 5.74) is 1.65. The molecule has 1 aliphatic rings. The molecule has 0 atom stereocenters. The van der Waals surface area contributed by atoms with Crippen LogP contribution in [-0.2, 0) is 4.79 Å². The summed E-state index contributed by atoms with van der Waals surface area (Å²) in [6.45, 7) is 3.74. The standard InChI is InChI=1S/C22H23Cl2N5OS/c1-2-11-28(13-15-3-4-15)20(30)14-31-22-27-26-21(16-7-9-25-10-8-16)29(22)17-5-6-18(23)19(24)12-17/h5-10,12,15H,2-4,11,13-14H2,1H3. The molecule has 162 valence electrons. The van der Waals surface area contributed by atoms with Crippen LogP contribution >= 0.6 is 35.0 Å². The van der Waals surface area contributed by atoms with E-state index in [4.69, 9.17) is 23.2 Å². The molecule has 0 saturated heterocycles. The Morgan fingerprint density at radius 1 is 1.16 bits per heavy atom. The van der Waals surface area contributed by atoms with Crippen LogP contribution in [0.4, 0.5) is 0 Å². The van der Waals surface area contributed by atoms with Gasteiger partial charge in [-0.15, -0.1) is 10.2 Å². The first-order chi connectivity index (χ1) is 15.1. The van der Waals surface area contributed by atoms with Gasteiger partial charge in [-0.25, -0.2) is 0 Å². The number of rotatable bonds is 9. The van der Waals surface area contributed by atoms with Gasteiger partial charge in [-0.2, -0.15) is 0 Å². The van der Waals surface area contributed by atoms with Gasteiger partial charge in [-0.3, -0.25) is 14.3 Å². The van der Waals surface area contributed by atoms with Crippen molar-refractivity contribution in [2.75, 3.05) is 18.8 Å². The Labute approximate surface area is 196 Å². The predicted octanol–water partition coefficient (Wildman–Crippen LogP) is 5.38. The van der Waals surface area contributed by atoms with Crippen LogP contribution in [0, 0.1) is 5.92 Å². The molecule has 31 heavy (non-hydrogen) atoms. The molecule has 2 heterocycles. The monoisotopic (exact) mass is 475 g/mol. The van der Waals surface area contributed by atoms with Gasteiger partial charge in [-0.1, -0.05) is 41.9 Å². The van der Waals surface area contributed by atoms with E-state index in [0.717, 1.165) is 30.8 Å². The molecule has 1 fully saturated rings. The third-order valence-corrected chi connectivity index (χ3v) is 6.73. The summed E-state index contributed by atoms with van der Waals surface area (Å²) < 4.78 is 1.90. The van der Waals surface area contributed by atoms with Gasteiger partial charge in [0.15, 0.2) is 11.0 Å². The van der Waals surface area contributed by atoms with Crippen molar-refractivity contribution >= 4 is 40.9 Å². The van der Waals surface area contributed by atoms with Gasteiger partial charge >= 0.3 is 0 Å². The fourth-order valence-corrected chi connectivity index (χ4v) is 4.47. The van der Waals surface area contributed by atoms with Crippen molar-refractivity contribution in [3.63, 3.8) is 0 Å². The van der Waals surface area contributed by atoms with Crippen molar-refractivity contribution in [1.82, 2.24) is 24.6 Å². The zero-order valence-corrected chi connectivity index (χ0v) is 19.5. The van der Waals surface area contributed by atoms with Crippen LogP contribution in [0.5, 0.6) is 0 Å². The number of nitrogens with zero attached hydrogens (tertiary/aromatic N) is 5. The van der Waals surface area contributed by atoms with E-state index in [-0.39, 0.29) is 5.91 Å². The second-order valence-corrected chi connectivity index (χ2v) is 9.30. The summed E-state index contributed by atoms with van der Waals surface area (Å²) in [6, 6.07) is 9.13. The number of carbonyl (C=O) groups is 1. The van der Waals surface area contributed by atoms with Gasteiger partial charge in [0, 0.05) is 31.0 Å². The summed E-state index contributed by atoms with van der Waals surface area (Å²) in [5, 5.41) is 10.3. The highest BCUT2D eigenvalue weighted by Gasteiger charge is 2.27. The lowest BCUT2D eigenvalue weighted by atomic mass is 10.2. The average molecular weight is 476 g/mol. The highest BCUT2D eigenvalue weighted by molar-refractivity contribution is 7.99. The lowest BCUT2D eigenvalue weighted by molar-refractivity contribution is -0.128. The highest BCUT2D eigenvalue weighted by atomic mass is 35.5. The van der Waals surface area contributed by atoms with Gasteiger partial charge in [0.1, 0.15) is 0 Å². The molecule has 1 aliphatic carbocycles. The first-order valence-electron chi connectivity index (χ1n) is 10.3. The molecular weight excluding hydrogens is 453 g/mol. The Bertz CT molecular complexity index is 1060. The summed E-state index contributed by atoms with van der Waals surface area (Å²) >= 11 is 13.8. The lowest BCUT2D eigenvalue weighted by Crippen LogP contribution is -2.35. The van der Waals surface area contributed by atoms with Gasteiger partial charge in [0.2, 0.25) is 5.91 Å². The number of thioether (sulfide) groups is 1. The smallest absolute Gasteiger partial charge is 0.233 e. The first kappa shape index (κ1) is 22.1. The zero-order valence-electron chi connectivity index (χ0n) is 17.2. The van der Waals surface area contributed by atoms with E-state index in [2.05, 4.69) is 22.1 Å². The Kier molecular flexibility index (Phi) is 7.15. The van der Waals surface area contributed by atoms with Crippen LogP contribution in [0.2, 0.25) is 10.0 Å². The minimum absolute atomic E-state index is 0.132. The topological polar surface area (TPSA) is 63.9 Å². The summed E-state index contributed by atoms with van der Waals surface area (Å²) in [5.74, 6) is 1.76. The molecule has 9 heteroatoms. The van der Waals surface area contributed by atoms with E-state index in [1.54, 1.807) is 24.5 Å². The number of aromatic nitrogens is 4. The SMILES string of the molecule is CCCN(CC1CC1)C(=O)CSc1nnc(-c2ccncc2)n1-c1ccc(Cl)c(Cl)c1. The van der Waals surface area contributed by atoms with E-state index in [1.165, 1.54) is 24.6 Å². The first-order valence-corrected chi connectivity index (χ1v) is 12.0. The highest BCUT2D eigenvalue weighted by Crippen LogP contribution is 2.32. The van der Waals surface area contributed by atoms with Crippen LogP contribution in [0.1, 0.15) is 26.2 Å². The Balaban J connectivity index is 1.61. The molecule has 1 aromatic carbocycles. The van der Waals surface area contributed by atoms with Crippen LogP contribution in [-0.4, -0.2) is 49.4 Å². The molecule has 2 aromatic heterocycles. The lowest BCUT2D eigenvalue weighted by Gasteiger charge is -2.21. The van der Waals surface area contributed by atoms with Gasteiger partial charge in [-0.05, 0) is 55.5 Å². The predicted molar refractivity (Wildman–Crippen MR) is 125 cm³/mol. The van der Waals surface area contributed by atoms with Crippen LogP contribution in [0.3, 0.4) is 0 Å². The molecule has 0 radical (unpaired) electrons. The van der Waals surface area contributed by atoms with E-state index < -0.39 is 0 Å². The molecule has 1 saturated carbocycles. The van der Waals surface area contributed by atoms with Gasteiger partial charge in [0.25, 0.3) is 0 Å². The maximum Gasteiger partial charge on any atom is 0.233 e. The fourth-order valence-electron chi connectivity index (χ4n) is 3.33. The van der Waals surface area contributed by atoms with E-state index in [0.29, 0.717) is 32.7 Å². The van der Waals surface area contributed by atoms with Crippen LogP contribution in [0.15, 0.2) is 47.9 Å². The number of pyridine rings is 1. The Morgan fingerprint density at radius 3 is 2.61 bits per heavy atom. The maximum absolute atomic E-state index is 12.9. The van der Waals surface area contributed by atoms with Gasteiger partial charge < -0.3 is 4.90 Å². The molecule has 0 bridgehead atoms. The molecule has 0 N–H and O–H groups in total. The molecule has 0 aliphatic heterocycles. The normalized spacial score (nSPS) is 13.4. The third kappa shape index (κ3) is 5.40. The van der Waals surface area contributed by atoms with Crippen LogP contribution < -0.4 is 0 Å². The van der Waals surface area contributed by atoms with Crippen LogP contribution in [0.25, 0.3) is 17.1 Å². The summed E-state index contributed by atoms with van der Waals surface area (Å²) in [6.07, 6.45) is 6.82. The Hall–Kier alpha value is -2.09. The van der Waals surface area contributed by atoms with Crippen molar-refractivity contribution in [1.29, 1.82) is 0 Å². The zero-order chi connectivity index (χ0) is 21.8. The largest absolute Gasteiger partial charge is 0.342 e. The van der Waals surface area contributed by atoms with Crippen molar-refractivity contribution in [2.45, 2.75) is 31.3 Å². The second-order valence-electron chi connectivity index (χ2n) is 7.55. The molecule has 3 aromatic rings. The summed E-state index contributed by atoms with van der Waals surface area (Å²) in [4.78, 5) is 19.0. The van der Waals surface area contributed by atoms with E-state index in [9.17, 15) is 4.79 Å². The number of carbonyl (C=O) groups excluding carboxylic acids is 1. The van der Waals surface area contributed by atoms with Crippen molar-refractivity contribution in [3.05, 3.63) is 52.8 Å². The number of hydrogen-bond donors (Lipinski definition) is 0. The fraction of sp³-hybridized carbons (Fsp3) is 0.364. The number of halogens is 2. The summed E-state index contributed by atoms with van der Waals surface area (Å²) in [7, 11) is 0. The maximum atomic E-state index is 12.9. The molecule has 1 amide bonds. The average Bonchev–Trinajstić information content (AvgIpc) is 3.50. The van der Waals surface area contributed by atoms with E-state index >= 15 is 0 Å². The van der Waals surface area contributed by atoms with Crippen molar-refractivity contribution in [2.24, 2.45) is 5.92 Å². The molecule has 0 spiro atoms. The Morgan fingerprint density at radius 2 is 1.94 bits per heavy atom. The quantitative estimate of drug-likeness (QED) is 0.388. The van der Waals surface area contributed by atoms with Gasteiger partial charge in [0.05, 0.1) is 21.5 Å². The van der Waals surface area contributed by atoms with Crippen molar-refractivity contribution in [3.8, 4) is 17.1 Å². The minimum atomic E-state index is 0.132.